The van der Waals surface area contributed by atoms with Crippen molar-refractivity contribution in [3.05, 3.63) is 85.1 Å². The summed E-state index contributed by atoms with van der Waals surface area (Å²) in [4.78, 5) is 29.4. The monoisotopic (exact) mass is 365 g/mol. The van der Waals surface area contributed by atoms with Crippen molar-refractivity contribution in [2.75, 3.05) is 5.32 Å². The summed E-state index contributed by atoms with van der Waals surface area (Å²) in [6, 6.07) is 11.2. The maximum Gasteiger partial charge on any atom is 0.327 e. The van der Waals surface area contributed by atoms with Gasteiger partial charge in [-0.05, 0) is 29.8 Å². The van der Waals surface area contributed by atoms with Crippen LogP contribution in [0.5, 0.6) is 0 Å². The number of fused-ring (bicyclic) bond motifs is 4. The van der Waals surface area contributed by atoms with Gasteiger partial charge in [-0.2, -0.15) is 5.10 Å². The predicted octanol–water partition coefficient (Wildman–Crippen LogP) is 2.83. The first-order chi connectivity index (χ1) is 12.6. The second kappa shape index (κ2) is 5.34. The van der Waals surface area contributed by atoms with Crippen LogP contribution in [0, 0.1) is 0 Å². The summed E-state index contributed by atoms with van der Waals surface area (Å²) in [5.74, 6) is -0.0280. The molecule has 1 atom stereocenters. The molecule has 8 heteroatoms. The second-order valence-corrected chi connectivity index (χ2v) is 6.61. The van der Waals surface area contributed by atoms with E-state index in [9.17, 15) is 9.59 Å². The Balaban J connectivity index is 1.91. The summed E-state index contributed by atoms with van der Waals surface area (Å²) in [6.07, 6.45) is 1.73. The number of rotatable bonds is 1. The van der Waals surface area contributed by atoms with Crippen molar-refractivity contribution in [3.63, 3.8) is 0 Å². The Kier molecular flexibility index (Phi) is 3.07. The number of aromatic nitrogens is 4. The number of nitrogens with one attached hydrogen (secondary N) is 4. The van der Waals surface area contributed by atoms with E-state index in [-0.39, 0.29) is 0 Å². The van der Waals surface area contributed by atoms with Gasteiger partial charge in [0.1, 0.15) is 5.82 Å². The first kappa shape index (κ1) is 15.0. The molecule has 0 bridgehead atoms. The third-order valence-electron chi connectivity index (χ3n) is 4.66. The minimum absolute atomic E-state index is 0.384. The van der Waals surface area contributed by atoms with Crippen molar-refractivity contribution in [2.45, 2.75) is 5.92 Å². The van der Waals surface area contributed by atoms with Gasteiger partial charge in [-0.1, -0.05) is 23.7 Å². The normalized spacial score (nSPS) is 15.3. The molecule has 0 saturated carbocycles. The largest absolute Gasteiger partial charge is 0.341 e. The summed E-state index contributed by atoms with van der Waals surface area (Å²) in [5, 5.41) is 11.8. The lowest BCUT2D eigenvalue weighted by atomic mass is 9.82. The van der Waals surface area contributed by atoms with E-state index in [2.05, 4.69) is 25.5 Å². The molecule has 128 valence electrons. The molecule has 3 heterocycles. The average Bonchev–Trinajstić information content (AvgIpc) is 3.08. The van der Waals surface area contributed by atoms with Crippen LogP contribution in [-0.2, 0) is 0 Å². The SMILES string of the molecule is O=c1[nH]c2c(c(=O)[nH]1)C(c1cccc(Cl)c1)c1c(ccc3cn[nH]c13)N2. The summed E-state index contributed by atoms with van der Waals surface area (Å²) in [6.45, 7) is 0. The highest BCUT2D eigenvalue weighted by Gasteiger charge is 2.32. The van der Waals surface area contributed by atoms with Crippen molar-refractivity contribution in [2.24, 2.45) is 0 Å². The van der Waals surface area contributed by atoms with Gasteiger partial charge in [0.15, 0.2) is 0 Å². The zero-order valence-electron chi connectivity index (χ0n) is 13.3. The zero-order chi connectivity index (χ0) is 17.8. The van der Waals surface area contributed by atoms with E-state index in [1.807, 2.05) is 30.3 Å². The molecule has 7 nitrogen and oxygen atoms in total. The first-order valence-electron chi connectivity index (χ1n) is 7.97. The Bertz CT molecular complexity index is 1290. The number of benzene rings is 2. The topological polar surface area (TPSA) is 106 Å². The Morgan fingerprint density at radius 1 is 1.04 bits per heavy atom. The van der Waals surface area contributed by atoms with Gasteiger partial charge in [0, 0.05) is 27.6 Å². The molecule has 1 unspecified atom stereocenters. The molecular weight excluding hydrogens is 354 g/mol. The van der Waals surface area contributed by atoms with Crippen molar-refractivity contribution in [1.29, 1.82) is 0 Å². The van der Waals surface area contributed by atoms with Crippen molar-refractivity contribution in [1.82, 2.24) is 20.2 Å². The number of H-pyrrole nitrogens is 3. The van der Waals surface area contributed by atoms with E-state index in [0.29, 0.717) is 16.4 Å². The maximum absolute atomic E-state index is 12.7. The Labute approximate surface area is 151 Å². The highest BCUT2D eigenvalue weighted by Crippen LogP contribution is 2.45. The van der Waals surface area contributed by atoms with Crippen LogP contribution in [0.3, 0.4) is 0 Å². The molecule has 0 aliphatic carbocycles. The second-order valence-electron chi connectivity index (χ2n) is 6.17. The minimum Gasteiger partial charge on any atom is -0.341 e. The molecule has 4 N–H and O–H groups in total. The minimum atomic E-state index is -0.558. The van der Waals surface area contributed by atoms with Crippen LogP contribution >= 0.6 is 11.6 Å². The quantitative estimate of drug-likeness (QED) is 0.366. The first-order valence-corrected chi connectivity index (χ1v) is 8.34. The van der Waals surface area contributed by atoms with Crippen molar-refractivity contribution >= 4 is 34.0 Å². The predicted molar refractivity (Wildman–Crippen MR) is 99.5 cm³/mol. The van der Waals surface area contributed by atoms with Gasteiger partial charge in [-0.3, -0.25) is 19.9 Å². The van der Waals surface area contributed by atoms with Crippen molar-refractivity contribution in [3.8, 4) is 0 Å². The number of hydrogen-bond acceptors (Lipinski definition) is 4. The number of hydrogen-bond donors (Lipinski definition) is 4. The molecule has 1 aliphatic rings. The number of nitrogens with zero attached hydrogens (tertiary/aromatic N) is 1. The van der Waals surface area contributed by atoms with E-state index < -0.39 is 17.2 Å². The van der Waals surface area contributed by atoms with Gasteiger partial charge in [-0.25, -0.2) is 4.79 Å². The number of halogens is 1. The fraction of sp³-hybridized carbons (Fsp3) is 0.0556. The third-order valence-corrected chi connectivity index (χ3v) is 4.89. The van der Waals surface area contributed by atoms with Crippen LogP contribution in [0.25, 0.3) is 10.9 Å². The van der Waals surface area contributed by atoms with Crippen LogP contribution in [-0.4, -0.2) is 20.2 Å². The van der Waals surface area contributed by atoms with Crippen LogP contribution < -0.4 is 16.6 Å². The van der Waals surface area contributed by atoms with Crippen LogP contribution in [0.2, 0.25) is 5.02 Å². The van der Waals surface area contributed by atoms with Crippen molar-refractivity contribution < 1.29 is 0 Å². The van der Waals surface area contributed by atoms with E-state index in [0.717, 1.165) is 27.7 Å². The lowest BCUT2D eigenvalue weighted by Crippen LogP contribution is -2.32. The lowest BCUT2D eigenvalue weighted by Gasteiger charge is -2.28. The van der Waals surface area contributed by atoms with Gasteiger partial charge >= 0.3 is 5.69 Å². The molecule has 1 aliphatic heterocycles. The average molecular weight is 366 g/mol. The molecule has 2 aromatic carbocycles. The fourth-order valence-corrected chi connectivity index (χ4v) is 3.81. The van der Waals surface area contributed by atoms with E-state index in [4.69, 9.17) is 11.6 Å². The molecule has 0 radical (unpaired) electrons. The van der Waals surface area contributed by atoms with E-state index in [1.54, 1.807) is 12.3 Å². The summed E-state index contributed by atoms with van der Waals surface area (Å²) < 4.78 is 0. The number of anilines is 2. The van der Waals surface area contributed by atoms with E-state index in [1.165, 1.54) is 0 Å². The van der Waals surface area contributed by atoms with Crippen LogP contribution in [0.15, 0.2) is 52.2 Å². The summed E-state index contributed by atoms with van der Waals surface area (Å²) in [5.41, 5.74) is 2.78. The van der Waals surface area contributed by atoms with Crippen LogP contribution in [0.4, 0.5) is 11.5 Å². The molecule has 2 aromatic heterocycles. The molecule has 4 aromatic rings. The molecule has 0 amide bonds. The van der Waals surface area contributed by atoms with Gasteiger partial charge < -0.3 is 5.32 Å². The number of aromatic amines is 3. The Morgan fingerprint density at radius 3 is 2.77 bits per heavy atom. The van der Waals surface area contributed by atoms with Gasteiger partial charge in [0.2, 0.25) is 0 Å². The van der Waals surface area contributed by atoms with Gasteiger partial charge in [0.25, 0.3) is 5.56 Å². The molecule has 26 heavy (non-hydrogen) atoms. The fourth-order valence-electron chi connectivity index (χ4n) is 3.61. The summed E-state index contributed by atoms with van der Waals surface area (Å²) in [7, 11) is 0. The summed E-state index contributed by atoms with van der Waals surface area (Å²) >= 11 is 6.20. The zero-order valence-corrected chi connectivity index (χ0v) is 14.0. The molecular formula is C18H12ClN5O2. The van der Waals surface area contributed by atoms with Gasteiger partial charge in [-0.15, -0.1) is 0 Å². The Hall–Kier alpha value is -3.32. The molecule has 0 fully saturated rings. The molecule has 5 rings (SSSR count). The van der Waals surface area contributed by atoms with Crippen LogP contribution in [0.1, 0.15) is 22.6 Å². The molecule has 0 spiro atoms. The van der Waals surface area contributed by atoms with Gasteiger partial charge in [0.05, 0.1) is 17.3 Å². The highest BCUT2D eigenvalue weighted by atomic mass is 35.5. The third kappa shape index (κ3) is 2.11. The molecule has 0 saturated heterocycles. The maximum atomic E-state index is 12.7. The Morgan fingerprint density at radius 2 is 1.92 bits per heavy atom. The standard InChI is InChI=1S/C18H12ClN5O2/c19-10-3-1-2-8(6-10)12-13-11(5-4-9-7-20-24-15(9)13)21-16-14(12)17(25)23-18(26)22-16/h1-7,12H,(H,20,24)(H3,21,22,23,25,26). The highest BCUT2D eigenvalue weighted by molar-refractivity contribution is 6.30. The van der Waals surface area contributed by atoms with E-state index >= 15 is 0 Å². The lowest BCUT2D eigenvalue weighted by molar-refractivity contribution is 0.890. The smallest absolute Gasteiger partial charge is 0.327 e.